The summed E-state index contributed by atoms with van der Waals surface area (Å²) in [4.78, 5) is 0. The maximum atomic E-state index is 4.14. The summed E-state index contributed by atoms with van der Waals surface area (Å²) in [7, 11) is 0. The van der Waals surface area contributed by atoms with E-state index in [2.05, 4.69) is 201 Å². The van der Waals surface area contributed by atoms with Crippen LogP contribution in [0.15, 0.2) is 140 Å². The number of allylic oxidation sites excluding steroid dienone is 4. The Kier molecular flexibility index (Phi) is 13.0. The normalized spacial score (nSPS) is 12.7. The average molecular weight is 848 g/mol. The van der Waals surface area contributed by atoms with Gasteiger partial charge in [0.1, 0.15) is 0 Å². The van der Waals surface area contributed by atoms with Crippen LogP contribution in [0.25, 0.3) is 39.5 Å². The van der Waals surface area contributed by atoms with Crippen LogP contribution in [0.1, 0.15) is 92.5 Å². The molecule has 56 heavy (non-hydrogen) atoms. The van der Waals surface area contributed by atoms with E-state index in [0.717, 1.165) is 11.6 Å². The van der Waals surface area contributed by atoms with Gasteiger partial charge in [-0.2, -0.15) is 0 Å². The summed E-state index contributed by atoms with van der Waals surface area (Å²) in [5, 5.41) is 5.05. The van der Waals surface area contributed by atoms with Gasteiger partial charge < -0.3 is 24.8 Å². The molecule has 6 aromatic rings. The van der Waals surface area contributed by atoms with Crippen LogP contribution in [0.2, 0.25) is 0 Å². The monoisotopic (exact) mass is 845 g/mol. The number of benzene rings is 6. The minimum Gasteiger partial charge on any atom is -1.00 e. The van der Waals surface area contributed by atoms with E-state index in [9.17, 15) is 0 Å². The van der Waals surface area contributed by atoms with Crippen LogP contribution in [-0.2, 0) is 37.0 Å². The predicted octanol–water partition coefficient (Wildman–Crippen LogP) is 6.13. The Hall–Kier alpha value is -4.00. The molecular weight excluding hydrogens is 799 g/mol. The van der Waals surface area contributed by atoms with Crippen LogP contribution in [-0.4, -0.2) is 0 Å². The molecule has 6 aromatic carbocycles. The van der Waals surface area contributed by atoms with E-state index in [4.69, 9.17) is 0 Å². The summed E-state index contributed by atoms with van der Waals surface area (Å²) >= 11 is 0. The molecule has 0 saturated carbocycles. The fourth-order valence-corrected chi connectivity index (χ4v) is 8.41. The van der Waals surface area contributed by atoms with Crippen molar-refractivity contribution in [1.82, 2.24) is 0 Å². The molecule has 0 heterocycles. The number of fused-ring (bicyclic) bond motifs is 2. The molecule has 3 heteroatoms. The van der Waals surface area contributed by atoms with Gasteiger partial charge in [0.25, 0.3) is 0 Å². The van der Waals surface area contributed by atoms with E-state index >= 15 is 0 Å². The third kappa shape index (κ3) is 7.94. The van der Waals surface area contributed by atoms with Crippen LogP contribution in [0.4, 0.5) is 0 Å². The van der Waals surface area contributed by atoms with Gasteiger partial charge in [0.15, 0.2) is 0 Å². The van der Waals surface area contributed by atoms with Crippen molar-refractivity contribution in [2.24, 2.45) is 0 Å². The van der Waals surface area contributed by atoms with Crippen molar-refractivity contribution in [2.45, 2.75) is 72.6 Å². The van der Waals surface area contributed by atoms with Crippen LogP contribution >= 0.6 is 0 Å². The quantitative estimate of drug-likeness (QED) is 0.183. The Morgan fingerprint density at radius 3 is 1.62 bits per heavy atom. The van der Waals surface area contributed by atoms with E-state index in [-0.39, 0.29) is 61.8 Å². The summed E-state index contributed by atoms with van der Waals surface area (Å²) in [6.07, 6.45) is 11.9. The fourth-order valence-electron chi connectivity index (χ4n) is 8.41. The van der Waals surface area contributed by atoms with Crippen molar-refractivity contribution < 1.29 is 51.0 Å². The molecule has 0 N–H and O–H groups in total. The molecule has 0 aliphatic heterocycles. The molecule has 0 unspecified atom stereocenters. The zero-order valence-corrected chi connectivity index (χ0v) is 37.7. The van der Waals surface area contributed by atoms with Crippen molar-refractivity contribution in [3.63, 3.8) is 0 Å². The van der Waals surface area contributed by atoms with Crippen molar-refractivity contribution in [3.8, 4) is 22.3 Å². The predicted molar refractivity (Wildman–Crippen MR) is 226 cm³/mol. The maximum absolute atomic E-state index is 4.14. The van der Waals surface area contributed by atoms with Crippen LogP contribution in [0.5, 0.6) is 0 Å². The van der Waals surface area contributed by atoms with Crippen molar-refractivity contribution in [3.05, 3.63) is 205 Å². The smallest absolute Gasteiger partial charge is 1.00 e. The SMILES string of the molecule is Cc1ccc(C(c2ccc(C)cc2)=c2c(C(C)(C)C)c(-c3ccccc3)c(C3=CC=CC3)c3c2=c2cc(C(C)(C)C)c(-c4ccccc4)cc2=[C-]3)cc1.[Cl-].[Cl-].[Zr+3]. The first-order chi connectivity index (χ1) is 25.4. The Bertz CT molecular complexity index is 2620. The summed E-state index contributed by atoms with van der Waals surface area (Å²) in [5.41, 5.74) is 17.6. The van der Waals surface area contributed by atoms with Gasteiger partial charge >= 0.3 is 26.2 Å². The molecule has 8 rings (SSSR count). The molecule has 0 bridgehead atoms. The third-order valence-corrected chi connectivity index (χ3v) is 10.9. The Morgan fingerprint density at radius 1 is 0.607 bits per heavy atom. The first-order valence-corrected chi connectivity index (χ1v) is 19.1. The van der Waals surface area contributed by atoms with Gasteiger partial charge in [-0.3, -0.25) is 0 Å². The number of rotatable bonds is 5. The zero-order valence-electron chi connectivity index (χ0n) is 33.7. The summed E-state index contributed by atoms with van der Waals surface area (Å²) in [6, 6.07) is 45.3. The van der Waals surface area contributed by atoms with E-state index in [0.29, 0.717) is 0 Å². The van der Waals surface area contributed by atoms with Crippen molar-refractivity contribution in [2.75, 3.05) is 0 Å². The molecular formula is C53H49Cl2Zr. The largest absolute Gasteiger partial charge is 3.00 e. The molecule has 0 saturated heterocycles. The van der Waals surface area contributed by atoms with Crippen LogP contribution in [0.3, 0.4) is 0 Å². The van der Waals surface area contributed by atoms with Gasteiger partial charge in [-0.1, -0.05) is 197 Å². The summed E-state index contributed by atoms with van der Waals surface area (Å²) in [5.74, 6) is 0. The molecule has 2 aliphatic carbocycles. The number of aryl methyl sites for hydroxylation is 2. The van der Waals surface area contributed by atoms with Crippen LogP contribution < -0.4 is 35.3 Å². The van der Waals surface area contributed by atoms with Crippen molar-refractivity contribution in [1.29, 1.82) is 0 Å². The summed E-state index contributed by atoms with van der Waals surface area (Å²) < 4.78 is 0. The van der Waals surface area contributed by atoms with Gasteiger partial charge in [-0.25, -0.2) is 0 Å². The van der Waals surface area contributed by atoms with Gasteiger partial charge in [-0.15, -0.1) is 33.4 Å². The van der Waals surface area contributed by atoms with E-state index in [1.807, 2.05) is 0 Å². The molecule has 0 amide bonds. The zero-order chi connectivity index (χ0) is 37.1. The second-order valence-electron chi connectivity index (χ2n) is 17.0. The molecule has 1 radical (unpaired) electrons. The second-order valence-corrected chi connectivity index (χ2v) is 17.0. The third-order valence-electron chi connectivity index (χ3n) is 10.9. The minimum atomic E-state index is -0.211. The number of hydrogen-bond donors (Lipinski definition) is 0. The van der Waals surface area contributed by atoms with Gasteiger partial charge in [-0.05, 0) is 86.4 Å². The van der Waals surface area contributed by atoms with E-state index in [1.165, 1.54) is 93.6 Å². The Balaban J connectivity index is 0.00000200. The molecule has 279 valence electrons. The Morgan fingerprint density at radius 2 is 1.14 bits per heavy atom. The molecule has 0 atom stereocenters. The molecule has 2 aliphatic rings. The standard InChI is InChI=1S/C53H49.2ClH.Zr/c1-34-23-27-39(28-24-34)46(40-29-25-35(2)26-30-40)50-49-43-33-45(52(3,4)5)42(36-17-11-9-12-18-36)31-41(43)32-44(49)47(37-21-15-16-22-37)48(51(50)53(6,7)8)38-19-13-10-14-20-38;;;/h9-21,23-31,33H,22H2,1-8H3;2*1H;/q-1;;;+3/p-2. The molecule has 0 aromatic heterocycles. The first kappa shape index (κ1) is 43.1. The van der Waals surface area contributed by atoms with Crippen molar-refractivity contribution >= 4 is 17.2 Å². The van der Waals surface area contributed by atoms with Gasteiger partial charge in [0.05, 0.1) is 0 Å². The van der Waals surface area contributed by atoms with Gasteiger partial charge in [0, 0.05) is 0 Å². The van der Waals surface area contributed by atoms with E-state index in [1.54, 1.807) is 0 Å². The minimum absolute atomic E-state index is 0. The van der Waals surface area contributed by atoms with E-state index < -0.39 is 0 Å². The Labute approximate surface area is 365 Å². The second kappa shape index (κ2) is 16.8. The number of halogens is 2. The number of hydrogen-bond acceptors (Lipinski definition) is 0. The summed E-state index contributed by atoms with van der Waals surface area (Å²) in [6.45, 7) is 18.6. The maximum Gasteiger partial charge on any atom is 3.00 e. The molecule has 0 nitrogen and oxygen atoms in total. The molecule has 0 fully saturated rings. The van der Waals surface area contributed by atoms with Gasteiger partial charge in [0.2, 0.25) is 0 Å². The topological polar surface area (TPSA) is 0 Å². The van der Waals surface area contributed by atoms with Crippen LogP contribution in [0, 0.1) is 24.3 Å². The fraction of sp³-hybridized carbons (Fsp3) is 0.208. The first-order valence-electron chi connectivity index (χ1n) is 19.1. The average Bonchev–Trinajstić information content (AvgIpc) is 3.81. The molecule has 0 spiro atoms.